The molecule has 0 aliphatic carbocycles. The van der Waals surface area contributed by atoms with E-state index in [0.29, 0.717) is 0 Å². The molecule has 3 atom stereocenters. The molecule has 0 aliphatic rings. The van der Waals surface area contributed by atoms with Gasteiger partial charge in [-0.25, -0.2) is 0 Å². The summed E-state index contributed by atoms with van der Waals surface area (Å²) in [5, 5.41) is 0. The van der Waals surface area contributed by atoms with Crippen molar-refractivity contribution in [1.29, 1.82) is 0 Å². The molecule has 0 aliphatic heterocycles. The summed E-state index contributed by atoms with van der Waals surface area (Å²) >= 11 is 0. The van der Waals surface area contributed by atoms with Gasteiger partial charge < -0.3 is 18.2 Å². The van der Waals surface area contributed by atoms with Crippen LogP contribution in [0, 0.1) is 0 Å². The standard InChI is InChI=1S/C36H77NO3Si/c1-9-16-19-22-25-29-34(12-4)38-41(33-28-32-37(8)15-7,39-35(13-5)30-26-23-20-17-10-2)40-36(14-6)31-27-24-21-18-11-3/h34-36H,9-33H2,1-8H3. The number of hydrogen-bond acceptors (Lipinski definition) is 4. The Morgan fingerprint density at radius 2 is 0.805 bits per heavy atom. The second kappa shape index (κ2) is 28.8. The quantitative estimate of drug-likeness (QED) is 0.0568. The Morgan fingerprint density at radius 3 is 1.10 bits per heavy atom. The first-order valence-corrected chi connectivity index (χ1v) is 20.6. The highest BCUT2D eigenvalue weighted by Gasteiger charge is 2.46. The fraction of sp³-hybridized carbons (Fsp3) is 1.00. The van der Waals surface area contributed by atoms with Gasteiger partial charge in [-0.2, -0.15) is 0 Å². The van der Waals surface area contributed by atoms with Gasteiger partial charge in [-0.15, -0.1) is 0 Å². The van der Waals surface area contributed by atoms with E-state index in [1.807, 2.05) is 0 Å². The van der Waals surface area contributed by atoms with Crippen LogP contribution in [0.25, 0.3) is 0 Å². The third kappa shape index (κ3) is 22.3. The number of nitrogens with zero attached hydrogens (tertiary/aromatic N) is 1. The summed E-state index contributed by atoms with van der Waals surface area (Å²) in [4.78, 5) is 2.42. The van der Waals surface area contributed by atoms with Crippen LogP contribution >= 0.6 is 0 Å². The molecule has 0 saturated heterocycles. The Labute approximate surface area is 260 Å². The molecule has 4 nitrogen and oxygen atoms in total. The third-order valence-corrected chi connectivity index (χ3v) is 11.9. The molecule has 0 radical (unpaired) electrons. The van der Waals surface area contributed by atoms with Crippen LogP contribution in [0.15, 0.2) is 0 Å². The van der Waals surface area contributed by atoms with Gasteiger partial charge in [0, 0.05) is 24.4 Å². The molecule has 3 unspecified atom stereocenters. The van der Waals surface area contributed by atoms with Crippen LogP contribution in [0.5, 0.6) is 0 Å². The van der Waals surface area contributed by atoms with E-state index in [0.717, 1.165) is 64.1 Å². The minimum Gasteiger partial charge on any atom is -0.370 e. The first kappa shape index (κ1) is 41.1. The Kier molecular flexibility index (Phi) is 28.8. The number of hydrogen-bond donors (Lipinski definition) is 0. The second-order valence-corrected chi connectivity index (χ2v) is 15.3. The summed E-state index contributed by atoms with van der Waals surface area (Å²) in [7, 11) is -0.651. The predicted molar refractivity (Wildman–Crippen MR) is 184 cm³/mol. The van der Waals surface area contributed by atoms with Crippen molar-refractivity contribution >= 4 is 8.80 Å². The summed E-state index contributed by atoms with van der Waals surface area (Å²) in [5.41, 5.74) is 0. The highest BCUT2D eigenvalue weighted by atomic mass is 28.4. The van der Waals surface area contributed by atoms with Gasteiger partial charge >= 0.3 is 8.80 Å². The monoisotopic (exact) mass is 600 g/mol. The highest BCUT2D eigenvalue weighted by Crippen LogP contribution is 2.30. The highest BCUT2D eigenvalue weighted by molar-refractivity contribution is 6.60. The van der Waals surface area contributed by atoms with E-state index in [2.05, 4.69) is 60.4 Å². The van der Waals surface area contributed by atoms with Gasteiger partial charge in [-0.1, -0.05) is 145 Å². The van der Waals surface area contributed by atoms with E-state index >= 15 is 0 Å². The average molecular weight is 600 g/mol. The van der Waals surface area contributed by atoms with Gasteiger partial charge in [0.25, 0.3) is 0 Å². The van der Waals surface area contributed by atoms with Gasteiger partial charge in [0.05, 0.1) is 0 Å². The molecule has 0 rings (SSSR count). The molecule has 5 heteroatoms. The Morgan fingerprint density at radius 1 is 0.463 bits per heavy atom. The van der Waals surface area contributed by atoms with Crippen molar-refractivity contribution in [3.8, 4) is 0 Å². The maximum Gasteiger partial charge on any atom is 0.501 e. The van der Waals surface area contributed by atoms with Gasteiger partial charge in [0.2, 0.25) is 0 Å². The molecule has 248 valence electrons. The van der Waals surface area contributed by atoms with E-state index in [4.69, 9.17) is 13.3 Å². The van der Waals surface area contributed by atoms with Gasteiger partial charge in [0.1, 0.15) is 0 Å². The van der Waals surface area contributed by atoms with Gasteiger partial charge in [-0.05, 0) is 65.1 Å². The largest absolute Gasteiger partial charge is 0.501 e. The van der Waals surface area contributed by atoms with Crippen LogP contribution in [0.4, 0.5) is 0 Å². The molecular formula is C36H77NO3Si. The number of rotatable bonds is 32. The zero-order valence-corrected chi connectivity index (χ0v) is 30.6. The molecular weight excluding hydrogens is 522 g/mol. The fourth-order valence-electron chi connectivity index (χ4n) is 5.71. The van der Waals surface area contributed by atoms with Gasteiger partial charge in [0.15, 0.2) is 0 Å². The maximum atomic E-state index is 7.24. The zero-order chi connectivity index (χ0) is 30.6. The maximum absolute atomic E-state index is 7.24. The van der Waals surface area contributed by atoms with E-state index in [1.165, 1.54) is 96.3 Å². The second-order valence-electron chi connectivity index (χ2n) is 12.7. The molecule has 0 aromatic heterocycles. The summed E-state index contributed by atoms with van der Waals surface area (Å²) in [6.07, 6.45) is 28.1. The lowest BCUT2D eigenvalue weighted by Gasteiger charge is -2.39. The van der Waals surface area contributed by atoms with Crippen molar-refractivity contribution in [2.75, 3.05) is 20.1 Å². The first-order chi connectivity index (χ1) is 19.9. The van der Waals surface area contributed by atoms with Gasteiger partial charge in [-0.3, -0.25) is 0 Å². The number of unbranched alkanes of at least 4 members (excludes halogenated alkanes) is 12. The molecule has 0 aromatic carbocycles. The minimum atomic E-state index is -2.88. The van der Waals surface area contributed by atoms with Crippen molar-refractivity contribution < 1.29 is 13.3 Å². The smallest absolute Gasteiger partial charge is 0.370 e. The normalized spacial score (nSPS) is 15.7. The zero-order valence-electron chi connectivity index (χ0n) is 29.6. The van der Waals surface area contributed by atoms with E-state index < -0.39 is 8.80 Å². The van der Waals surface area contributed by atoms with Crippen LogP contribution in [0.3, 0.4) is 0 Å². The first-order valence-electron chi connectivity index (χ1n) is 18.7. The minimum absolute atomic E-state index is 0.247. The summed E-state index contributed by atoms with van der Waals surface area (Å²) in [6.45, 7) is 18.2. The van der Waals surface area contributed by atoms with Crippen molar-refractivity contribution in [2.24, 2.45) is 0 Å². The Hall–Kier alpha value is 0.0569. The molecule has 0 fully saturated rings. The molecule has 0 N–H and O–H groups in total. The third-order valence-electron chi connectivity index (χ3n) is 8.86. The van der Waals surface area contributed by atoms with Crippen molar-refractivity contribution in [2.45, 2.75) is 214 Å². The van der Waals surface area contributed by atoms with E-state index in [9.17, 15) is 0 Å². The molecule has 0 saturated carbocycles. The van der Waals surface area contributed by atoms with Crippen molar-refractivity contribution in [3.63, 3.8) is 0 Å². The molecule has 0 spiro atoms. The van der Waals surface area contributed by atoms with Crippen LogP contribution in [-0.4, -0.2) is 52.2 Å². The molecule has 0 aromatic rings. The lowest BCUT2D eigenvalue weighted by Crippen LogP contribution is -2.53. The summed E-state index contributed by atoms with van der Waals surface area (Å²) in [5.74, 6) is 0. The van der Waals surface area contributed by atoms with Crippen molar-refractivity contribution in [3.05, 3.63) is 0 Å². The van der Waals surface area contributed by atoms with Crippen LogP contribution in [0.2, 0.25) is 6.04 Å². The summed E-state index contributed by atoms with van der Waals surface area (Å²) < 4.78 is 21.7. The van der Waals surface area contributed by atoms with E-state index in [1.54, 1.807) is 0 Å². The fourth-order valence-corrected chi connectivity index (χ4v) is 9.20. The lowest BCUT2D eigenvalue weighted by molar-refractivity contribution is -0.0294. The molecule has 0 heterocycles. The average Bonchev–Trinajstić information content (AvgIpc) is 2.98. The molecule has 0 bridgehead atoms. The predicted octanol–water partition coefficient (Wildman–Crippen LogP) is 11.7. The van der Waals surface area contributed by atoms with Crippen molar-refractivity contribution in [1.82, 2.24) is 4.90 Å². The molecule has 41 heavy (non-hydrogen) atoms. The summed E-state index contributed by atoms with van der Waals surface area (Å²) in [6, 6.07) is 0.947. The lowest BCUT2D eigenvalue weighted by atomic mass is 10.1. The Bertz CT molecular complexity index is 475. The van der Waals surface area contributed by atoms with E-state index in [-0.39, 0.29) is 18.3 Å². The SMILES string of the molecule is CCCCCCCC(CC)O[Si](CCCN(C)CC)(OC(CC)CCCCCCC)OC(CC)CCCCCCC. The van der Waals surface area contributed by atoms with Crippen LogP contribution in [0.1, 0.15) is 190 Å². The Balaban J connectivity index is 5.83. The molecule has 0 amide bonds. The topological polar surface area (TPSA) is 30.9 Å². The van der Waals surface area contributed by atoms with Crippen LogP contribution in [-0.2, 0) is 13.3 Å². The van der Waals surface area contributed by atoms with Crippen LogP contribution < -0.4 is 0 Å².